The summed E-state index contributed by atoms with van der Waals surface area (Å²) in [5.74, 6) is 0. The first-order valence-corrected chi connectivity index (χ1v) is 5.57. The minimum Gasteiger partial charge on any atom is -0.362 e. The molecule has 2 aliphatic carbocycles. The van der Waals surface area contributed by atoms with Gasteiger partial charge in [0.2, 0.25) is 0 Å². The molecule has 0 unspecified atom stereocenters. The summed E-state index contributed by atoms with van der Waals surface area (Å²) in [5.41, 5.74) is 0.713. The summed E-state index contributed by atoms with van der Waals surface area (Å²) in [7, 11) is 0. The van der Waals surface area contributed by atoms with Gasteiger partial charge in [-0.3, -0.25) is 0 Å². The highest BCUT2D eigenvalue weighted by Crippen LogP contribution is 3.01. The largest absolute Gasteiger partial charge is 0.362 e. The molecule has 0 spiro atoms. The van der Waals surface area contributed by atoms with Crippen LogP contribution >= 0.6 is 0 Å². The number of epoxide rings is 2. The van der Waals surface area contributed by atoms with E-state index in [9.17, 15) is 0 Å². The van der Waals surface area contributed by atoms with Gasteiger partial charge in [0.1, 0.15) is 22.4 Å². The summed E-state index contributed by atoms with van der Waals surface area (Å²) in [6.07, 6.45) is 0. The zero-order valence-corrected chi connectivity index (χ0v) is 9.82. The lowest BCUT2D eigenvalue weighted by molar-refractivity contribution is -0.207. The van der Waals surface area contributed by atoms with E-state index in [0.717, 1.165) is 0 Å². The molecule has 0 aromatic carbocycles. The maximum absolute atomic E-state index is 6.05. The molecule has 2 heteroatoms. The zero-order chi connectivity index (χ0) is 10.4. The predicted molar refractivity (Wildman–Crippen MR) is 52.0 cm³/mol. The Bertz CT molecular complexity index is 337. The fraction of sp³-hybridized carbons (Fsp3) is 1.00. The Labute approximate surface area is 85.0 Å². The van der Waals surface area contributed by atoms with E-state index in [1.165, 1.54) is 0 Å². The van der Waals surface area contributed by atoms with Crippen LogP contribution in [0.5, 0.6) is 0 Å². The van der Waals surface area contributed by atoms with Gasteiger partial charge in [-0.2, -0.15) is 0 Å². The van der Waals surface area contributed by atoms with Crippen molar-refractivity contribution in [2.75, 3.05) is 0 Å². The smallest absolute Gasteiger partial charge is 0.105 e. The Hall–Kier alpha value is -0.0800. The van der Waals surface area contributed by atoms with Gasteiger partial charge in [0, 0.05) is 10.8 Å². The van der Waals surface area contributed by atoms with Crippen molar-refractivity contribution in [2.45, 2.75) is 63.9 Å². The van der Waals surface area contributed by atoms with Gasteiger partial charge in [0.05, 0.1) is 0 Å². The lowest BCUT2D eigenvalue weighted by Gasteiger charge is -2.71. The van der Waals surface area contributed by atoms with Crippen LogP contribution in [0.3, 0.4) is 0 Å². The van der Waals surface area contributed by atoms with Gasteiger partial charge in [-0.05, 0) is 27.7 Å². The molecule has 0 aromatic heterocycles. The van der Waals surface area contributed by atoms with E-state index in [1.54, 1.807) is 0 Å². The maximum atomic E-state index is 6.05. The molecule has 0 N–H and O–H groups in total. The quantitative estimate of drug-likeness (QED) is 0.552. The first-order chi connectivity index (χ1) is 6.16. The van der Waals surface area contributed by atoms with Crippen molar-refractivity contribution in [3.8, 4) is 0 Å². The molecule has 2 nitrogen and oxygen atoms in total. The zero-order valence-electron chi connectivity index (χ0n) is 9.82. The number of hydrogen-bond donors (Lipinski definition) is 0. The van der Waals surface area contributed by atoms with Crippen molar-refractivity contribution in [1.82, 2.24) is 0 Å². The molecule has 0 aromatic rings. The normalized spacial score (nSPS) is 87.0. The molecule has 4 rings (SSSR count). The molecule has 4 aliphatic rings. The van der Waals surface area contributed by atoms with E-state index in [-0.39, 0.29) is 33.2 Å². The third kappa shape index (κ3) is 0.283. The van der Waals surface area contributed by atoms with E-state index in [2.05, 4.69) is 41.5 Å². The third-order valence-electron chi connectivity index (χ3n) is 7.37. The van der Waals surface area contributed by atoms with Crippen molar-refractivity contribution in [3.05, 3.63) is 0 Å². The summed E-state index contributed by atoms with van der Waals surface area (Å²) >= 11 is 0. The van der Waals surface area contributed by atoms with Crippen LogP contribution in [0.2, 0.25) is 0 Å². The molecule has 4 fully saturated rings. The molecule has 78 valence electrons. The second-order valence-corrected chi connectivity index (χ2v) is 6.59. The van der Waals surface area contributed by atoms with Crippen LogP contribution in [0.4, 0.5) is 0 Å². The van der Waals surface area contributed by atoms with Gasteiger partial charge in [0.15, 0.2) is 0 Å². The van der Waals surface area contributed by atoms with Crippen molar-refractivity contribution in [2.24, 2.45) is 10.8 Å². The van der Waals surface area contributed by atoms with Crippen LogP contribution in [0, 0.1) is 10.8 Å². The van der Waals surface area contributed by atoms with Crippen LogP contribution in [0.1, 0.15) is 41.5 Å². The number of hydrogen-bond acceptors (Lipinski definition) is 2. The van der Waals surface area contributed by atoms with Gasteiger partial charge in [0.25, 0.3) is 0 Å². The Morgan fingerprint density at radius 2 is 0.714 bits per heavy atom. The highest BCUT2D eigenvalue weighted by Gasteiger charge is 3.13. The fourth-order valence-corrected chi connectivity index (χ4v) is 5.78. The monoisotopic (exact) mass is 194 g/mol. The lowest BCUT2D eigenvalue weighted by atomic mass is 9.24. The summed E-state index contributed by atoms with van der Waals surface area (Å²) in [6.45, 7) is 13.7. The Morgan fingerprint density at radius 3 is 0.929 bits per heavy atom. The third-order valence-corrected chi connectivity index (χ3v) is 7.37. The van der Waals surface area contributed by atoms with Crippen molar-refractivity contribution >= 4 is 0 Å². The van der Waals surface area contributed by atoms with Crippen LogP contribution < -0.4 is 0 Å². The van der Waals surface area contributed by atoms with Gasteiger partial charge in [-0.25, -0.2) is 0 Å². The average molecular weight is 194 g/mol. The molecule has 4 atom stereocenters. The second-order valence-electron chi connectivity index (χ2n) is 6.59. The minimum absolute atomic E-state index is 0.0690. The summed E-state index contributed by atoms with van der Waals surface area (Å²) in [4.78, 5) is 0. The summed E-state index contributed by atoms with van der Waals surface area (Å²) in [6, 6.07) is 0. The molecule has 2 saturated carbocycles. The fourth-order valence-electron chi connectivity index (χ4n) is 5.78. The number of rotatable bonds is 0. The Morgan fingerprint density at radius 1 is 0.500 bits per heavy atom. The van der Waals surface area contributed by atoms with E-state index >= 15 is 0 Å². The van der Waals surface area contributed by atoms with Crippen LogP contribution in [0.25, 0.3) is 0 Å². The SMILES string of the molecule is CC12C(C)([C@@]3(C)O[C@]13C)[C@@]1(C)O[C@]21C. The first kappa shape index (κ1) is 8.12. The lowest BCUT2D eigenvalue weighted by Crippen LogP contribution is -2.85. The Kier molecular flexibility index (Phi) is 0.740. The summed E-state index contributed by atoms with van der Waals surface area (Å²) < 4.78 is 12.1. The average Bonchev–Trinajstić information content (AvgIpc) is 2.84. The molecule has 0 radical (unpaired) electrons. The molecule has 2 heterocycles. The van der Waals surface area contributed by atoms with Gasteiger partial charge in [-0.1, -0.05) is 13.8 Å². The van der Waals surface area contributed by atoms with E-state index in [1.807, 2.05) is 0 Å². The molecule has 2 saturated heterocycles. The summed E-state index contributed by atoms with van der Waals surface area (Å²) in [5, 5.41) is 0. The molecule has 0 amide bonds. The molecule has 2 aliphatic heterocycles. The highest BCUT2D eigenvalue weighted by molar-refractivity contribution is 5.60. The highest BCUT2D eigenvalue weighted by atomic mass is 16.7. The van der Waals surface area contributed by atoms with Crippen molar-refractivity contribution in [3.63, 3.8) is 0 Å². The molecule has 0 bridgehead atoms. The molecular weight excluding hydrogens is 176 g/mol. The maximum Gasteiger partial charge on any atom is 0.105 e. The number of ether oxygens (including phenoxy) is 2. The molecular formula is C12H18O2. The van der Waals surface area contributed by atoms with Gasteiger partial charge in [-0.15, -0.1) is 0 Å². The van der Waals surface area contributed by atoms with E-state index in [4.69, 9.17) is 9.47 Å². The minimum atomic E-state index is 0.0690. The van der Waals surface area contributed by atoms with Crippen molar-refractivity contribution in [1.29, 1.82) is 0 Å². The molecule has 14 heavy (non-hydrogen) atoms. The van der Waals surface area contributed by atoms with E-state index < -0.39 is 0 Å². The Balaban J connectivity index is 1.99. The van der Waals surface area contributed by atoms with Crippen LogP contribution in [-0.2, 0) is 9.47 Å². The van der Waals surface area contributed by atoms with Crippen molar-refractivity contribution < 1.29 is 9.47 Å². The van der Waals surface area contributed by atoms with E-state index in [0.29, 0.717) is 0 Å². The second kappa shape index (κ2) is 1.28. The van der Waals surface area contributed by atoms with Gasteiger partial charge >= 0.3 is 0 Å². The van der Waals surface area contributed by atoms with Crippen LogP contribution in [0.15, 0.2) is 0 Å². The van der Waals surface area contributed by atoms with Gasteiger partial charge < -0.3 is 9.47 Å². The standard InChI is InChI=1S/C12H18O2/c1-7-8(2,11(5)9(7,3)13-11)12(6)10(7,4)14-12/h1-6H3/t7?,8?,9-,10-,11-,12-/m1/s1. The predicted octanol–water partition coefficient (Wildman–Crippen LogP) is 2.12. The number of fused-ring (bicyclic) bond motifs is 7. The first-order valence-electron chi connectivity index (χ1n) is 5.57. The topological polar surface area (TPSA) is 25.1 Å². The van der Waals surface area contributed by atoms with Crippen LogP contribution in [-0.4, -0.2) is 22.4 Å².